The van der Waals surface area contributed by atoms with Crippen molar-refractivity contribution in [2.75, 3.05) is 39.4 Å². The number of rotatable bonds is 5. The van der Waals surface area contributed by atoms with Crippen molar-refractivity contribution >= 4 is 17.8 Å². The highest BCUT2D eigenvalue weighted by Gasteiger charge is 2.51. The van der Waals surface area contributed by atoms with Gasteiger partial charge in [-0.05, 0) is 12.8 Å². The molecule has 2 aliphatic heterocycles. The number of hydrogen-bond acceptors (Lipinski definition) is 5. The second kappa shape index (κ2) is 6.53. The molecule has 7 nitrogen and oxygen atoms in total. The molecule has 2 saturated heterocycles. The maximum atomic E-state index is 12.6. The lowest BCUT2D eigenvalue weighted by molar-refractivity contribution is -0.152. The van der Waals surface area contributed by atoms with Crippen LogP contribution in [0.4, 0.5) is 4.79 Å². The second-order valence-corrected chi connectivity index (χ2v) is 5.46. The van der Waals surface area contributed by atoms with E-state index in [4.69, 9.17) is 4.74 Å². The van der Waals surface area contributed by atoms with Crippen LogP contribution in [0.15, 0.2) is 0 Å². The summed E-state index contributed by atoms with van der Waals surface area (Å²) < 4.78 is 5.27. The first-order valence-corrected chi connectivity index (χ1v) is 7.52. The summed E-state index contributed by atoms with van der Waals surface area (Å²) in [4.78, 5) is 39.9. The lowest BCUT2D eigenvalue weighted by atomic mass is 9.78. The Kier molecular flexibility index (Phi) is 4.95. The van der Waals surface area contributed by atoms with Gasteiger partial charge in [-0.2, -0.15) is 0 Å². The van der Waals surface area contributed by atoms with Crippen LogP contribution in [0, 0.1) is 5.41 Å². The molecule has 0 atom stereocenters. The van der Waals surface area contributed by atoms with Gasteiger partial charge in [0.25, 0.3) is 0 Å². The number of hydrogen-bond donors (Lipinski definition) is 1. The smallest absolute Gasteiger partial charge is 0.330 e. The Labute approximate surface area is 124 Å². The van der Waals surface area contributed by atoms with Gasteiger partial charge in [0, 0.05) is 26.2 Å². The third kappa shape index (κ3) is 2.94. The Morgan fingerprint density at radius 3 is 2.29 bits per heavy atom. The van der Waals surface area contributed by atoms with E-state index < -0.39 is 17.4 Å². The highest BCUT2D eigenvalue weighted by molar-refractivity contribution is 6.19. The number of carbonyl (C=O) groups is 3. The number of amides is 4. The number of barbiturate groups is 1. The zero-order valence-electron chi connectivity index (χ0n) is 12.7. The maximum Gasteiger partial charge on any atom is 0.330 e. The summed E-state index contributed by atoms with van der Waals surface area (Å²) in [6.07, 6.45) is 0.797. The minimum atomic E-state index is -1.10. The van der Waals surface area contributed by atoms with Crippen LogP contribution < -0.4 is 5.32 Å². The maximum absolute atomic E-state index is 12.6. The van der Waals surface area contributed by atoms with Crippen molar-refractivity contribution in [3.8, 4) is 0 Å². The van der Waals surface area contributed by atoms with Crippen molar-refractivity contribution < 1.29 is 19.1 Å². The van der Waals surface area contributed by atoms with Crippen LogP contribution in [0.3, 0.4) is 0 Å². The molecule has 0 bridgehead atoms. The van der Waals surface area contributed by atoms with Gasteiger partial charge in [-0.15, -0.1) is 0 Å². The molecule has 2 fully saturated rings. The summed E-state index contributed by atoms with van der Waals surface area (Å²) in [5.74, 6) is -0.834. The highest BCUT2D eigenvalue weighted by Crippen LogP contribution is 2.32. The molecular formula is C14H23N3O4. The molecule has 7 heteroatoms. The van der Waals surface area contributed by atoms with E-state index in [0.29, 0.717) is 39.1 Å². The topological polar surface area (TPSA) is 79.0 Å². The quantitative estimate of drug-likeness (QED) is 0.734. The van der Waals surface area contributed by atoms with Gasteiger partial charge in [0.1, 0.15) is 5.41 Å². The van der Waals surface area contributed by atoms with Gasteiger partial charge in [0.2, 0.25) is 11.8 Å². The summed E-state index contributed by atoms with van der Waals surface area (Å²) >= 11 is 0. The van der Waals surface area contributed by atoms with Gasteiger partial charge < -0.3 is 4.74 Å². The molecule has 21 heavy (non-hydrogen) atoms. The fraction of sp³-hybridized carbons (Fsp3) is 0.786. The summed E-state index contributed by atoms with van der Waals surface area (Å²) in [6.45, 7) is 7.47. The molecule has 0 aromatic heterocycles. The van der Waals surface area contributed by atoms with Crippen LogP contribution in [0.1, 0.15) is 26.7 Å². The lowest BCUT2D eigenvalue weighted by Gasteiger charge is -2.39. The van der Waals surface area contributed by atoms with Crippen LogP contribution in [-0.2, 0) is 14.3 Å². The molecule has 0 spiro atoms. The minimum Gasteiger partial charge on any atom is -0.379 e. The number of nitrogens with zero attached hydrogens (tertiary/aromatic N) is 2. The Hall–Kier alpha value is -1.47. The van der Waals surface area contributed by atoms with Crippen LogP contribution in [0.5, 0.6) is 0 Å². The van der Waals surface area contributed by atoms with Gasteiger partial charge in [-0.1, -0.05) is 13.8 Å². The molecule has 2 rings (SSSR count). The molecule has 0 aromatic rings. The predicted octanol–water partition coefficient (Wildman–Crippen LogP) is 0.203. The van der Waals surface area contributed by atoms with E-state index in [2.05, 4.69) is 10.2 Å². The molecule has 2 heterocycles. The monoisotopic (exact) mass is 297 g/mol. The number of imide groups is 2. The van der Waals surface area contributed by atoms with Gasteiger partial charge in [0.05, 0.1) is 13.2 Å². The molecule has 118 valence electrons. The normalized spacial score (nSPS) is 23.3. The summed E-state index contributed by atoms with van der Waals surface area (Å²) in [5.41, 5.74) is -1.10. The first-order valence-electron chi connectivity index (χ1n) is 7.52. The fourth-order valence-electron chi connectivity index (χ4n) is 2.87. The van der Waals surface area contributed by atoms with Crippen LogP contribution in [0.25, 0.3) is 0 Å². The Balaban J connectivity index is 2.05. The number of carbonyl (C=O) groups excluding carboxylic acids is 3. The SMILES string of the molecule is CCC1(CC)C(=O)NC(=O)N(CCN2CCOCC2)C1=O. The predicted molar refractivity (Wildman–Crippen MR) is 75.5 cm³/mol. The van der Waals surface area contributed by atoms with Gasteiger partial charge >= 0.3 is 6.03 Å². The van der Waals surface area contributed by atoms with E-state index in [0.717, 1.165) is 13.1 Å². The number of ether oxygens (including phenoxy) is 1. The van der Waals surface area contributed by atoms with E-state index in [-0.39, 0.29) is 5.91 Å². The van der Waals surface area contributed by atoms with E-state index in [9.17, 15) is 14.4 Å². The van der Waals surface area contributed by atoms with Gasteiger partial charge in [0.15, 0.2) is 0 Å². The van der Waals surface area contributed by atoms with E-state index >= 15 is 0 Å². The average Bonchev–Trinajstić information content (AvgIpc) is 2.49. The van der Waals surface area contributed by atoms with E-state index in [1.165, 1.54) is 4.90 Å². The molecular weight excluding hydrogens is 274 g/mol. The standard InChI is InChI=1S/C14H23N3O4/c1-3-14(4-2)11(18)15-13(20)17(12(14)19)6-5-16-7-9-21-10-8-16/h3-10H2,1-2H3,(H,15,18,20). The van der Waals surface area contributed by atoms with Crippen molar-refractivity contribution in [3.63, 3.8) is 0 Å². The van der Waals surface area contributed by atoms with E-state index in [1.807, 2.05) is 0 Å². The minimum absolute atomic E-state index is 0.305. The molecule has 1 N–H and O–H groups in total. The first kappa shape index (κ1) is 15.9. The molecule has 0 unspecified atom stereocenters. The Morgan fingerprint density at radius 1 is 1.10 bits per heavy atom. The fourth-order valence-corrected chi connectivity index (χ4v) is 2.87. The molecule has 0 saturated carbocycles. The zero-order valence-corrected chi connectivity index (χ0v) is 12.7. The summed E-state index contributed by atoms with van der Waals surface area (Å²) in [6, 6.07) is -0.601. The average molecular weight is 297 g/mol. The van der Waals surface area contributed by atoms with E-state index in [1.54, 1.807) is 13.8 Å². The molecule has 4 amide bonds. The molecule has 0 aromatic carbocycles. The van der Waals surface area contributed by atoms with Crippen LogP contribution >= 0.6 is 0 Å². The second-order valence-electron chi connectivity index (χ2n) is 5.46. The highest BCUT2D eigenvalue weighted by atomic mass is 16.5. The third-order valence-electron chi connectivity index (χ3n) is 4.51. The van der Waals surface area contributed by atoms with Gasteiger partial charge in [-0.3, -0.25) is 24.7 Å². The molecule has 2 aliphatic rings. The van der Waals surface area contributed by atoms with Crippen molar-refractivity contribution in [3.05, 3.63) is 0 Å². The lowest BCUT2D eigenvalue weighted by Crippen LogP contribution is -2.64. The van der Waals surface area contributed by atoms with Gasteiger partial charge in [-0.25, -0.2) is 4.79 Å². The van der Waals surface area contributed by atoms with Crippen molar-refractivity contribution in [1.29, 1.82) is 0 Å². The summed E-state index contributed by atoms with van der Waals surface area (Å²) in [7, 11) is 0. The van der Waals surface area contributed by atoms with Crippen LogP contribution in [-0.4, -0.2) is 67.0 Å². The largest absolute Gasteiger partial charge is 0.379 e. The molecule has 0 aliphatic carbocycles. The third-order valence-corrected chi connectivity index (χ3v) is 4.51. The molecule has 0 radical (unpaired) electrons. The first-order chi connectivity index (χ1) is 10.0. The Morgan fingerprint density at radius 2 is 1.71 bits per heavy atom. The number of nitrogens with one attached hydrogen (secondary N) is 1. The summed E-state index contributed by atoms with van der Waals surface area (Å²) in [5, 5.41) is 2.32. The zero-order chi connectivity index (χ0) is 15.5. The van der Waals surface area contributed by atoms with Crippen LogP contribution in [0.2, 0.25) is 0 Å². The Bertz CT molecular complexity index is 428. The van der Waals surface area contributed by atoms with Crippen molar-refractivity contribution in [2.24, 2.45) is 5.41 Å². The van der Waals surface area contributed by atoms with Crippen molar-refractivity contribution in [2.45, 2.75) is 26.7 Å². The van der Waals surface area contributed by atoms with Crippen molar-refractivity contribution in [1.82, 2.24) is 15.1 Å². The number of urea groups is 1. The number of morpholine rings is 1.